The van der Waals surface area contributed by atoms with Crippen molar-refractivity contribution in [2.24, 2.45) is 0 Å². The molecule has 0 amide bonds. The van der Waals surface area contributed by atoms with Crippen LogP contribution in [0.2, 0.25) is 0 Å². The van der Waals surface area contributed by atoms with Crippen LogP contribution in [0.15, 0.2) is 36.4 Å². The minimum atomic E-state index is -0.0336. The summed E-state index contributed by atoms with van der Waals surface area (Å²) in [7, 11) is 0. The second kappa shape index (κ2) is 3.43. The number of rotatable bonds is 0. The van der Waals surface area contributed by atoms with Crippen LogP contribution >= 0.6 is 0 Å². The van der Waals surface area contributed by atoms with Gasteiger partial charge in [-0.05, 0) is 36.4 Å². The molecule has 4 N–H and O–H groups in total. The lowest BCUT2D eigenvalue weighted by atomic mass is 10.0. The van der Waals surface area contributed by atoms with Gasteiger partial charge in [0, 0.05) is 21.5 Å². The van der Waals surface area contributed by atoms with Crippen molar-refractivity contribution in [2.75, 3.05) is 0 Å². The quantitative estimate of drug-likeness (QED) is 0.361. The Morgan fingerprint density at radius 3 is 1.28 bits per heavy atom. The topological polar surface area (TPSA) is 80.9 Å². The van der Waals surface area contributed by atoms with Crippen LogP contribution in [0.1, 0.15) is 0 Å². The third-order valence-electron chi connectivity index (χ3n) is 3.03. The molecule has 0 heterocycles. The Hall–Kier alpha value is -2.62. The van der Waals surface area contributed by atoms with Crippen molar-refractivity contribution < 1.29 is 20.4 Å². The fourth-order valence-electron chi connectivity index (χ4n) is 2.16. The van der Waals surface area contributed by atoms with Crippen molar-refractivity contribution in [1.29, 1.82) is 0 Å². The highest BCUT2D eigenvalue weighted by Gasteiger charge is 2.13. The highest BCUT2D eigenvalue weighted by molar-refractivity contribution is 6.11. The molecule has 3 rings (SSSR count). The van der Waals surface area contributed by atoms with Crippen molar-refractivity contribution in [3.05, 3.63) is 36.4 Å². The Kier molecular flexibility index (Phi) is 2.01. The van der Waals surface area contributed by atoms with Gasteiger partial charge in [0.25, 0.3) is 0 Å². The van der Waals surface area contributed by atoms with Crippen LogP contribution in [0.4, 0.5) is 0 Å². The molecule has 0 aliphatic heterocycles. The SMILES string of the molecule is Oc1ccc2c(O)c3cc(O)ccc3c(O)c2c1. The molecule has 0 radical (unpaired) electrons. The molecule has 0 spiro atoms. The van der Waals surface area contributed by atoms with Gasteiger partial charge < -0.3 is 20.4 Å². The first-order chi connectivity index (χ1) is 8.58. The number of phenols is 4. The highest BCUT2D eigenvalue weighted by atomic mass is 16.3. The van der Waals surface area contributed by atoms with Gasteiger partial charge in [-0.1, -0.05) is 0 Å². The smallest absolute Gasteiger partial charge is 0.131 e. The van der Waals surface area contributed by atoms with Crippen molar-refractivity contribution in [3.8, 4) is 23.0 Å². The van der Waals surface area contributed by atoms with E-state index in [0.29, 0.717) is 21.5 Å². The molecule has 90 valence electrons. The second-order valence-electron chi connectivity index (χ2n) is 4.16. The molecule has 4 heteroatoms. The van der Waals surface area contributed by atoms with E-state index in [2.05, 4.69) is 0 Å². The van der Waals surface area contributed by atoms with Crippen LogP contribution in [0, 0.1) is 0 Å². The predicted octanol–water partition coefficient (Wildman–Crippen LogP) is 2.82. The van der Waals surface area contributed by atoms with E-state index in [1.165, 1.54) is 36.4 Å². The van der Waals surface area contributed by atoms with Crippen molar-refractivity contribution in [3.63, 3.8) is 0 Å². The molecule has 0 bridgehead atoms. The maximum absolute atomic E-state index is 10.1. The summed E-state index contributed by atoms with van der Waals surface area (Å²) >= 11 is 0. The molecule has 0 fully saturated rings. The van der Waals surface area contributed by atoms with E-state index in [0.717, 1.165) is 0 Å². The molecule has 18 heavy (non-hydrogen) atoms. The zero-order valence-corrected chi connectivity index (χ0v) is 9.25. The molecule has 0 saturated carbocycles. The van der Waals surface area contributed by atoms with Gasteiger partial charge in [-0.25, -0.2) is 0 Å². The van der Waals surface area contributed by atoms with Gasteiger partial charge in [0.05, 0.1) is 0 Å². The van der Waals surface area contributed by atoms with Gasteiger partial charge in [0.15, 0.2) is 0 Å². The van der Waals surface area contributed by atoms with Crippen LogP contribution in [0.3, 0.4) is 0 Å². The summed E-state index contributed by atoms with van der Waals surface area (Å²) in [5.41, 5.74) is 0. The first-order valence-electron chi connectivity index (χ1n) is 5.37. The minimum absolute atomic E-state index is 0.00956. The zero-order valence-electron chi connectivity index (χ0n) is 9.25. The van der Waals surface area contributed by atoms with Gasteiger partial charge >= 0.3 is 0 Å². The first-order valence-corrected chi connectivity index (χ1v) is 5.37. The van der Waals surface area contributed by atoms with Crippen molar-refractivity contribution in [1.82, 2.24) is 0 Å². The van der Waals surface area contributed by atoms with E-state index in [-0.39, 0.29) is 23.0 Å². The summed E-state index contributed by atoms with van der Waals surface area (Å²) in [6.45, 7) is 0. The number of phenolic OH excluding ortho intramolecular Hbond substituents is 4. The third kappa shape index (κ3) is 1.32. The zero-order chi connectivity index (χ0) is 12.9. The average Bonchev–Trinajstić information content (AvgIpc) is 2.36. The van der Waals surface area contributed by atoms with E-state index in [4.69, 9.17) is 0 Å². The van der Waals surface area contributed by atoms with Crippen molar-refractivity contribution in [2.45, 2.75) is 0 Å². The van der Waals surface area contributed by atoms with E-state index in [1.54, 1.807) is 0 Å². The number of hydrogen-bond acceptors (Lipinski definition) is 4. The lowest BCUT2D eigenvalue weighted by Gasteiger charge is -2.10. The minimum Gasteiger partial charge on any atom is -0.508 e. The average molecular weight is 242 g/mol. The summed E-state index contributed by atoms with van der Waals surface area (Å²) in [5.74, 6) is -0.0481. The Balaban J connectivity index is 2.60. The Labute approximate surface area is 102 Å². The maximum atomic E-state index is 10.1. The number of aromatic hydroxyl groups is 4. The first kappa shape index (κ1) is 10.5. The molecule has 3 aromatic carbocycles. The van der Waals surface area contributed by atoms with Crippen LogP contribution in [-0.2, 0) is 0 Å². The summed E-state index contributed by atoms with van der Waals surface area (Å²) < 4.78 is 0. The molecule has 0 saturated heterocycles. The Morgan fingerprint density at radius 2 is 0.889 bits per heavy atom. The van der Waals surface area contributed by atoms with Gasteiger partial charge in [-0.2, -0.15) is 0 Å². The fraction of sp³-hybridized carbons (Fsp3) is 0. The largest absolute Gasteiger partial charge is 0.508 e. The summed E-state index contributed by atoms with van der Waals surface area (Å²) in [4.78, 5) is 0. The summed E-state index contributed by atoms with van der Waals surface area (Å²) in [6, 6.07) is 8.66. The Bertz CT molecular complexity index is 710. The number of benzene rings is 3. The maximum Gasteiger partial charge on any atom is 0.131 e. The molecule has 0 aliphatic rings. The van der Waals surface area contributed by atoms with Crippen LogP contribution < -0.4 is 0 Å². The molecular weight excluding hydrogens is 232 g/mol. The Morgan fingerprint density at radius 1 is 0.500 bits per heavy atom. The normalized spacial score (nSPS) is 11.1. The fourth-order valence-corrected chi connectivity index (χ4v) is 2.16. The van der Waals surface area contributed by atoms with E-state index in [1.807, 2.05) is 0 Å². The highest BCUT2D eigenvalue weighted by Crippen LogP contribution is 2.43. The third-order valence-corrected chi connectivity index (χ3v) is 3.03. The molecule has 0 atom stereocenters. The van der Waals surface area contributed by atoms with Gasteiger partial charge in [-0.15, -0.1) is 0 Å². The van der Waals surface area contributed by atoms with Gasteiger partial charge in [-0.3, -0.25) is 0 Å². The number of fused-ring (bicyclic) bond motifs is 2. The number of hydrogen-bond donors (Lipinski definition) is 4. The van der Waals surface area contributed by atoms with Crippen molar-refractivity contribution >= 4 is 21.5 Å². The van der Waals surface area contributed by atoms with Crippen LogP contribution in [0.25, 0.3) is 21.5 Å². The van der Waals surface area contributed by atoms with Crippen LogP contribution in [-0.4, -0.2) is 20.4 Å². The molecule has 4 nitrogen and oxygen atoms in total. The summed E-state index contributed by atoms with van der Waals surface area (Å²) in [5, 5.41) is 40.7. The molecule has 3 aromatic rings. The van der Waals surface area contributed by atoms with Gasteiger partial charge in [0.2, 0.25) is 0 Å². The lowest BCUT2D eigenvalue weighted by molar-refractivity contribution is 0.468. The lowest BCUT2D eigenvalue weighted by Crippen LogP contribution is -1.81. The second-order valence-corrected chi connectivity index (χ2v) is 4.16. The molecular formula is C14H10O4. The van der Waals surface area contributed by atoms with Gasteiger partial charge in [0.1, 0.15) is 23.0 Å². The monoisotopic (exact) mass is 242 g/mol. The molecule has 0 aromatic heterocycles. The predicted molar refractivity (Wildman–Crippen MR) is 68.1 cm³/mol. The summed E-state index contributed by atoms with van der Waals surface area (Å²) in [6.07, 6.45) is 0. The van der Waals surface area contributed by atoms with E-state index in [9.17, 15) is 20.4 Å². The molecule has 0 aliphatic carbocycles. The van der Waals surface area contributed by atoms with E-state index >= 15 is 0 Å². The van der Waals surface area contributed by atoms with Crippen LogP contribution in [0.5, 0.6) is 23.0 Å². The van der Waals surface area contributed by atoms with E-state index < -0.39 is 0 Å². The molecule has 0 unspecified atom stereocenters. The standard InChI is InChI=1S/C14H10O4/c15-7-1-3-9-11(5-7)14(18)10-4-2-8(16)6-12(10)13(9)17/h1-6,15-18H.